The van der Waals surface area contributed by atoms with E-state index in [0.29, 0.717) is 11.2 Å². The van der Waals surface area contributed by atoms with Crippen molar-refractivity contribution in [3.05, 3.63) is 65.5 Å². The van der Waals surface area contributed by atoms with Crippen molar-refractivity contribution >= 4 is 29.1 Å². The van der Waals surface area contributed by atoms with E-state index in [0.717, 1.165) is 5.56 Å². The van der Waals surface area contributed by atoms with Crippen LogP contribution in [0.3, 0.4) is 0 Å². The highest BCUT2D eigenvalue weighted by Crippen LogP contribution is 2.20. The first-order valence-corrected chi connectivity index (χ1v) is 9.03. The fourth-order valence-electron chi connectivity index (χ4n) is 2.76. The lowest BCUT2D eigenvalue weighted by Crippen LogP contribution is -2.17. The molecule has 2 aromatic heterocycles. The maximum atomic E-state index is 12.4. The van der Waals surface area contributed by atoms with Gasteiger partial charge in [0.15, 0.2) is 17.3 Å². The van der Waals surface area contributed by atoms with E-state index in [-0.39, 0.29) is 42.7 Å². The number of carbonyl (C=O) groups is 3. The Kier molecular flexibility index (Phi) is 5.84. The molecule has 7 heteroatoms. The molecule has 1 amide bonds. The maximum absolute atomic E-state index is 12.4. The van der Waals surface area contributed by atoms with Crippen LogP contribution in [0.4, 0.5) is 5.82 Å². The molecule has 0 aliphatic rings. The summed E-state index contributed by atoms with van der Waals surface area (Å²) < 4.78 is 6.63. The largest absolute Gasteiger partial charge is 0.461 e. The van der Waals surface area contributed by atoms with Gasteiger partial charge in [0.25, 0.3) is 0 Å². The van der Waals surface area contributed by atoms with Crippen molar-refractivity contribution in [1.29, 1.82) is 0 Å². The molecule has 0 saturated heterocycles. The minimum absolute atomic E-state index is 0.00492. The molecule has 0 radical (unpaired) electrons. The third-order valence-electron chi connectivity index (χ3n) is 4.21. The van der Waals surface area contributed by atoms with Gasteiger partial charge in [-0.3, -0.25) is 14.0 Å². The first kappa shape index (κ1) is 19.3. The predicted octanol–water partition coefficient (Wildman–Crippen LogP) is 3.42. The van der Waals surface area contributed by atoms with Gasteiger partial charge in [0.05, 0.1) is 6.61 Å². The Morgan fingerprint density at radius 1 is 1.07 bits per heavy atom. The van der Waals surface area contributed by atoms with Crippen LogP contribution in [0.5, 0.6) is 0 Å². The van der Waals surface area contributed by atoms with Crippen molar-refractivity contribution in [1.82, 2.24) is 9.38 Å². The Bertz CT molecular complexity index is 1020. The van der Waals surface area contributed by atoms with Crippen molar-refractivity contribution < 1.29 is 19.1 Å². The number of ketones is 1. The van der Waals surface area contributed by atoms with Crippen LogP contribution in [-0.4, -0.2) is 33.7 Å². The number of fused-ring (bicyclic) bond motifs is 1. The average Bonchev–Trinajstić information content (AvgIpc) is 3.05. The molecule has 1 aromatic carbocycles. The van der Waals surface area contributed by atoms with Gasteiger partial charge in [-0.15, -0.1) is 0 Å². The van der Waals surface area contributed by atoms with Crippen LogP contribution in [0.15, 0.2) is 48.7 Å². The lowest BCUT2D eigenvalue weighted by Gasteiger charge is -2.07. The minimum atomic E-state index is -0.614. The molecule has 28 heavy (non-hydrogen) atoms. The molecule has 144 valence electrons. The number of benzene rings is 1. The number of pyridine rings is 1. The van der Waals surface area contributed by atoms with Crippen molar-refractivity contribution in [2.24, 2.45) is 0 Å². The van der Waals surface area contributed by atoms with Gasteiger partial charge in [0, 0.05) is 24.6 Å². The van der Waals surface area contributed by atoms with Crippen LogP contribution in [0.25, 0.3) is 5.65 Å². The van der Waals surface area contributed by atoms with E-state index < -0.39 is 5.97 Å². The molecular weight excluding hydrogens is 358 g/mol. The molecule has 0 spiro atoms. The van der Waals surface area contributed by atoms with Gasteiger partial charge in [-0.25, -0.2) is 9.78 Å². The second-order valence-electron chi connectivity index (χ2n) is 6.30. The number of anilines is 1. The normalized spacial score (nSPS) is 10.6. The highest BCUT2D eigenvalue weighted by Gasteiger charge is 2.22. The highest BCUT2D eigenvalue weighted by molar-refractivity contribution is 6.02. The molecule has 0 atom stereocenters. The van der Waals surface area contributed by atoms with Crippen LogP contribution in [0.1, 0.15) is 46.2 Å². The number of aromatic nitrogens is 2. The molecule has 0 aliphatic carbocycles. The van der Waals surface area contributed by atoms with Crippen molar-refractivity contribution in [3.63, 3.8) is 0 Å². The zero-order valence-corrected chi connectivity index (χ0v) is 15.8. The number of hydrogen-bond acceptors (Lipinski definition) is 5. The van der Waals surface area contributed by atoms with E-state index in [1.807, 2.05) is 19.1 Å². The molecule has 2 heterocycles. The Morgan fingerprint density at radius 2 is 1.82 bits per heavy atom. The summed E-state index contributed by atoms with van der Waals surface area (Å²) in [4.78, 5) is 41.1. The Labute approximate surface area is 162 Å². The topological polar surface area (TPSA) is 89.8 Å². The van der Waals surface area contributed by atoms with Gasteiger partial charge < -0.3 is 10.1 Å². The van der Waals surface area contributed by atoms with Crippen molar-refractivity contribution in [2.75, 3.05) is 11.9 Å². The van der Waals surface area contributed by atoms with Gasteiger partial charge in [0.1, 0.15) is 5.65 Å². The van der Waals surface area contributed by atoms with Crippen LogP contribution in [-0.2, 0) is 9.53 Å². The number of rotatable bonds is 7. The van der Waals surface area contributed by atoms with E-state index >= 15 is 0 Å². The molecule has 3 rings (SSSR count). The molecule has 3 aromatic rings. The van der Waals surface area contributed by atoms with Crippen molar-refractivity contribution in [2.45, 2.75) is 26.7 Å². The summed E-state index contributed by atoms with van der Waals surface area (Å²) in [5, 5.41) is 2.70. The molecule has 7 nitrogen and oxygen atoms in total. The number of carbonyl (C=O) groups excluding carboxylic acids is 3. The summed E-state index contributed by atoms with van der Waals surface area (Å²) >= 11 is 0. The molecule has 0 bridgehead atoms. The standard InChI is InChI=1S/C21H21N3O4/c1-3-28-21(27)19-20(24-13-5-4-6-17(24)22-19)23-18(26)12-11-16(25)15-9-7-14(2)8-10-15/h4-10,13H,3,11-12H2,1-2H3,(H,23,26). The highest BCUT2D eigenvalue weighted by atomic mass is 16.5. The SMILES string of the molecule is CCOC(=O)c1nc2ccccn2c1NC(=O)CCC(=O)c1ccc(C)cc1. The summed E-state index contributed by atoms with van der Waals surface area (Å²) in [7, 11) is 0. The number of hydrogen-bond donors (Lipinski definition) is 1. The number of esters is 1. The molecule has 0 fully saturated rings. The third kappa shape index (κ3) is 4.25. The minimum Gasteiger partial charge on any atom is -0.461 e. The second kappa shape index (κ2) is 8.47. The van der Waals surface area contributed by atoms with E-state index in [4.69, 9.17) is 4.74 Å². The maximum Gasteiger partial charge on any atom is 0.360 e. The van der Waals surface area contributed by atoms with E-state index in [1.165, 1.54) is 0 Å². The van der Waals surface area contributed by atoms with Gasteiger partial charge in [-0.1, -0.05) is 35.9 Å². The zero-order chi connectivity index (χ0) is 20.1. The third-order valence-corrected chi connectivity index (χ3v) is 4.21. The molecule has 0 aliphatic heterocycles. The fraction of sp³-hybridized carbons (Fsp3) is 0.238. The van der Waals surface area contributed by atoms with Crippen LogP contribution >= 0.6 is 0 Å². The van der Waals surface area contributed by atoms with Gasteiger partial charge >= 0.3 is 5.97 Å². The van der Waals surface area contributed by atoms with Gasteiger partial charge in [-0.2, -0.15) is 0 Å². The Balaban J connectivity index is 1.73. The molecule has 0 saturated carbocycles. The first-order valence-electron chi connectivity index (χ1n) is 9.03. The quantitative estimate of drug-likeness (QED) is 0.502. The fourth-order valence-corrected chi connectivity index (χ4v) is 2.76. The zero-order valence-electron chi connectivity index (χ0n) is 15.8. The van der Waals surface area contributed by atoms with Gasteiger partial charge in [0.2, 0.25) is 5.91 Å². The smallest absolute Gasteiger partial charge is 0.360 e. The summed E-state index contributed by atoms with van der Waals surface area (Å²) in [6.45, 7) is 3.84. The predicted molar refractivity (Wildman–Crippen MR) is 105 cm³/mol. The molecular formula is C21H21N3O4. The molecule has 0 unspecified atom stereocenters. The molecule has 1 N–H and O–H groups in total. The number of imidazole rings is 1. The van der Waals surface area contributed by atoms with Crippen LogP contribution in [0, 0.1) is 6.92 Å². The van der Waals surface area contributed by atoms with Crippen LogP contribution < -0.4 is 5.32 Å². The van der Waals surface area contributed by atoms with Gasteiger partial charge in [-0.05, 0) is 26.0 Å². The summed E-state index contributed by atoms with van der Waals surface area (Å²) in [5.41, 5.74) is 2.18. The Hall–Kier alpha value is -3.48. The number of nitrogens with zero attached hydrogens (tertiary/aromatic N) is 2. The number of amides is 1. The lowest BCUT2D eigenvalue weighted by molar-refractivity contribution is -0.116. The Morgan fingerprint density at radius 3 is 2.54 bits per heavy atom. The second-order valence-corrected chi connectivity index (χ2v) is 6.30. The van der Waals surface area contributed by atoms with E-state index in [2.05, 4.69) is 10.3 Å². The number of aryl methyl sites for hydroxylation is 1. The summed E-state index contributed by atoms with van der Waals surface area (Å²) in [6.07, 6.45) is 1.76. The summed E-state index contributed by atoms with van der Waals surface area (Å²) in [6, 6.07) is 12.5. The van der Waals surface area contributed by atoms with E-state index in [9.17, 15) is 14.4 Å². The van der Waals surface area contributed by atoms with Crippen LogP contribution in [0.2, 0.25) is 0 Å². The monoisotopic (exact) mass is 379 g/mol. The van der Waals surface area contributed by atoms with E-state index in [1.54, 1.807) is 47.9 Å². The average molecular weight is 379 g/mol. The summed E-state index contributed by atoms with van der Waals surface area (Å²) in [5.74, 6) is -0.866. The number of nitrogens with one attached hydrogen (secondary N) is 1. The lowest BCUT2D eigenvalue weighted by atomic mass is 10.1. The number of Topliss-reactive ketones (excluding diaryl/α,β-unsaturated/α-hetero) is 1. The number of ether oxygens (including phenoxy) is 1. The van der Waals surface area contributed by atoms with Crippen molar-refractivity contribution in [3.8, 4) is 0 Å². The first-order chi connectivity index (χ1) is 13.5.